The second-order valence-corrected chi connectivity index (χ2v) is 4.21. The van der Waals surface area contributed by atoms with Gasteiger partial charge in [-0.3, -0.25) is 4.98 Å². The minimum Gasteiger partial charge on any atom is -0.491 e. The highest BCUT2D eigenvalue weighted by molar-refractivity contribution is 5.96. The molecule has 110 valence electrons. The van der Waals surface area contributed by atoms with E-state index >= 15 is 0 Å². The van der Waals surface area contributed by atoms with Crippen LogP contribution in [0.4, 0.5) is 0 Å². The third-order valence-electron chi connectivity index (χ3n) is 2.74. The summed E-state index contributed by atoms with van der Waals surface area (Å²) in [4.78, 5) is 4.07. The largest absolute Gasteiger partial charge is 0.491 e. The van der Waals surface area contributed by atoms with Crippen LogP contribution in [0.2, 0.25) is 0 Å². The van der Waals surface area contributed by atoms with Gasteiger partial charge in [0.15, 0.2) is 5.84 Å². The Balaban J connectivity index is 1.79. The molecule has 0 atom stereocenters. The molecular formula is C15H17N3O3. The van der Waals surface area contributed by atoms with Crippen LogP contribution in [0, 0.1) is 0 Å². The van der Waals surface area contributed by atoms with Gasteiger partial charge in [0.2, 0.25) is 0 Å². The summed E-state index contributed by atoms with van der Waals surface area (Å²) in [7, 11) is 0. The summed E-state index contributed by atoms with van der Waals surface area (Å²) in [6.07, 6.45) is 1.58. The summed E-state index contributed by atoms with van der Waals surface area (Å²) in [6.45, 7) is 1.19. The first kappa shape index (κ1) is 14.8. The summed E-state index contributed by atoms with van der Waals surface area (Å²) < 4.78 is 11.0. The van der Waals surface area contributed by atoms with E-state index in [1.807, 2.05) is 36.4 Å². The van der Waals surface area contributed by atoms with E-state index in [4.69, 9.17) is 20.4 Å². The van der Waals surface area contributed by atoms with Crippen molar-refractivity contribution in [3.05, 3.63) is 59.9 Å². The van der Waals surface area contributed by atoms with Crippen LogP contribution in [0.1, 0.15) is 11.3 Å². The standard InChI is InChI=1S/C15H17N3O3/c16-15(18-19)14-12(5-4-8-17-14)11-20-9-10-21-13-6-2-1-3-7-13/h1-8,19H,9-11H2,(H2,16,18). The molecular weight excluding hydrogens is 270 g/mol. The quantitative estimate of drug-likeness (QED) is 0.266. The van der Waals surface area contributed by atoms with Crippen LogP contribution in [0.15, 0.2) is 53.8 Å². The van der Waals surface area contributed by atoms with Crippen LogP contribution in [-0.4, -0.2) is 29.2 Å². The van der Waals surface area contributed by atoms with Gasteiger partial charge < -0.3 is 20.4 Å². The predicted molar refractivity (Wildman–Crippen MR) is 78.3 cm³/mol. The molecule has 0 radical (unpaired) electrons. The number of oxime groups is 1. The Labute approximate surface area is 122 Å². The number of hydrogen-bond acceptors (Lipinski definition) is 5. The number of hydrogen-bond donors (Lipinski definition) is 2. The fourth-order valence-electron chi connectivity index (χ4n) is 1.75. The molecule has 2 aromatic rings. The highest BCUT2D eigenvalue weighted by Gasteiger charge is 2.07. The minimum atomic E-state index is -0.0327. The number of ether oxygens (including phenoxy) is 2. The van der Waals surface area contributed by atoms with Crippen molar-refractivity contribution in [3.63, 3.8) is 0 Å². The molecule has 0 spiro atoms. The van der Waals surface area contributed by atoms with E-state index in [2.05, 4.69) is 10.1 Å². The Morgan fingerprint density at radius 2 is 1.95 bits per heavy atom. The number of benzene rings is 1. The molecule has 0 aliphatic heterocycles. The van der Waals surface area contributed by atoms with E-state index < -0.39 is 0 Å². The second kappa shape index (κ2) is 7.86. The lowest BCUT2D eigenvalue weighted by atomic mass is 10.2. The van der Waals surface area contributed by atoms with Crippen molar-refractivity contribution in [3.8, 4) is 5.75 Å². The van der Waals surface area contributed by atoms with Crippen LogP contribution >= 0.6 is 0 Å². The molecule has 0 saturated carbocycles. The molecule has 0 aliphatic carbocycles. The molecule has 1 heterocycles. The molecule has 3 N–H and O–H groups in total. The number of para-hydroxylation sites is 1. The number of nitrogens with two attached hydrogens (primary N) is 1. The molecule has 0 unspecified atom stereocenters. The Morgan fingerprint density at radius 3 is 2.71 bits per heavy atom. The van der Waals surface area contributed by atoms with Gasteiger partial charge in [0.05, 0.1) is 13.2 Å². The average Bonchev–Trinajstić information content (AvgIpc) is 2.55. The Hall–Kier alpha value is -2.60. The van der Waals surface area contributed by atoms with Crippen molar-refractivity contribution in [2.45, 2.75) is 6.61 Å². The highest BCUT2D eigenvalue weighted by Crippen LogP contribution is 2.09. The Kier molecular flexibility index (Phi) is 5.54. The van der Waals surface area contributed by atoms with Gasteiger partial charge in [-0.15, -0.1) is 0 Å². The van der Waals surface area contributed by atoms with Gasteiger partial charge in [-0.1, -0.05) is 29.4 Å². The van der Waals surface area contributed by atoms with Crippen LogP contribution < -0.4 is 10.5 Å². The molecule has 1 aromatic heterocycles. The molecule has 0 fully saturated rings. The number of nitrogens with zero attached hydrogens (tertiary/aromatic N) is 2. The van der Waals surface area contributed by atoms with Gasteiger partial charge in [-0.05, 0) is 18.2 Å². The van der Waals surface area contributed by atoms with Crippen molar-refractivity contribution in [2.75, 3.05) is 13.2 Å². The summed E-state index contributed by atoms with van der Waals surface area (Å²) in [5.41, 5.74) is 6.74. The summed E-state index contributed by atoms with van der Waals surface area (Å²) >= 11 is 0. The number of rotatable bonds is 7. The van der Waals surface area contributed by atoms with Crippen molar-refractivity contribution >= 4 is 5.84 Å². The highest BCUT2D eigenvalue weighted by atomic mass is 16.5. The van der Waals surface area contributed by atoms with Gasteiger partial charge >= 0.3 is 0 Å². The van der Waals surface area contributed by atoms with Crippen molar-refractivity contribution < 1.29 is 14.7 Å². The van der Waals surface area contributed by atoms with Crippen LogP contribution in [0.5, 0.6) is 5.75 Å². The average molecular weight is 287 g/mol. The molecule has 6 nitrogen and oxygen atoms in total. The fraction of sp³-hybridized carbons (Fsp3) is 0.200. The van der Waals surface area contributed by atoms with Gasteiger partial charge in [0.1, 0.15) is 18.1 Å². The summed E-state index contributed by atoms with van der Waals surface area (Å²) in [6, 6.07) is 13.1. The zero-order valence-electron chi connectivity index (χ0n) is 11.5. The third kappa shape index (κ3) is 4.47. The first-order valence-electron chi connectivity index (χ1n) is 6.48. The van der Waals surface area contributed by atoms with E-state index in [-0.39, 0.29) is 5.84 Å². The molecule has 0 aliphatic rings. The van der Waals surface area contributed by atoms with Crippen molar-refractivity contribution in [1.29, 1.82) is 0 Å². The maximum atomic E-state index is 8.71. The van der Waals surface area contributed by atoms with E-state index in [1.165, 1.54) is 0 Å². The molecule has 1 aromatic carbocycles. The first-order valence-corrected chi connectivity index (χ1v) is 6.48. The van der Waals surface area contributed by atoms with Crippen LogP contribution in [0.3, 0.4) is 0 Å². The molecule has 6 heteroatoms. The number of pyridine rings is 1. The van der Waals surface area contributed by atoms with Crippen LogP contribution in [0.25, 0.3) is 0 Å². The second-order valence-electron chi connectivity index (χ2n) is 4.21. The lowest BCUT2D eigenvalue weighted by Crippen LogP contribution is -2.18. The zero-order valence-corrected chi connectivity index (χ0v) is 11.5. The van der Waals surface area contributed by atoms with E-state index in [0.29, 0.717) is 25.5 Å². The zero-order chi connectivity index (χ0) is 14.9. The monoisotopic (exact) mass is 287 g/mol. The lowest BCUT2D eigenvalue weighted by molar-refractivity contribution is 0.0886. The summed E-state index contributed by atoms with van der Waals surface area (Å²) in [5.74, 6) is 0.773. The molecule has 0 bridgehead atoms. The van der Waals surface area contributed by atoms with Crippen molar-refractivity contribution in [1.82, 2.24) is 4.98 Å². The SMILES string of the molecule is NC(=NO)c1ncccc1COCCOc1ccccc1. The summed E-state index contributed by atoms with van der Waals surface area (Å²) in [5, 5.41) is 11.7. The minimum absolute atomic E-state index is 0.0327. The third-order valence-corrected chi connectivity index (χ3v) is 2.74. The predicted octanol–water partition coefficient (Wildman–Crippen LogP) is 1.77. The molecule has 0 saturated heterocycles. The lowest BCUT2D eigenvalue weighted by Gasteiger charge is -2.09. The Bertz CT molecular complexity index is 588. The van der Waals surface area contributed by atoms with Gasteiger partial charge in [-0.2, -0.15) is 0 Å². The van der Waals surface area contributed by atoms with E-state index in [1.54, 1.807) is 12.3 Å². The fourth-order valence-corrected chi connectivity index (χ4v) is 1.75. The molecule has 21 heavy (non-hydrogen) atoms. The first-order chi connectivity index (χ1) is 10.3. The smallest absolute Gasteiger partial charge is 0.189 e. The molecule has 0 amide bonds. The normalized spacial score (nSPS) is 11.3. The number of amidine groups is 1. The van der Waals surface area contributed by atoms with Gasteiger partial charge in [-0.25, -0.2) is 0 Å². The van der Waals surface area contributed by atoms with Crippen LogP contribution in [-0.2, 0) is 11.3 Å². The maximum Gasteiger partial charge on any atom is 0.189 e. The Morgan fingerprint density at radius 1 is 1.14 bits per heavy atom. The number of aromatic nitrogens is 1. The van der Waals surface area contributed by atoms with Gasteiger partial charge in [0.25, 0.3) is 0 Å². The maximum absolute atomic E-state index is 8.71. The van der Waals surface area contributed by atoms with E-state index in [9.17, 15) is 0 Å². The van der Waals surface area contributed by atoms with E-state index in [0.717, 1.165) is 11.3 Å². The topological polar surface area (TPSA) is 90.0 Å². The van der Waals surface area contributed by atoms with Crippen molar-refractivity contribution in [2.24, 2.45) is 10.9 Å². The molecule has 2 rings (SSSR count). The van der Waals surface area contributed by atoms with Gasteiger partial charge in [0, 0.05) is 11.8 Å².